The lowest BCUT2D eigenvalue weighted by Gasteiger charge is -2.26. The molecule has 32 heavy (non-hydrogen) atoms. The standard InChI is InChI=1S/C20H15Cl2F3N2O3S2/c21-13-4-2-1-3-11(13)7-18(28)26-19-27(16-9-32(29,30)10-17(16)31-19)15-8-12(20(23,24)25)5-6-14(15)22/h1-6,8,16-17H,7,9-10H2/t16-,17-/m0/s1. The minimum atomic E-state index is -4.62. The first-order valence-electron chi connectivity index (χ1n) is 9.32. The molecule has 0 radical (unpaired) electrons. The highest BCUT2D eigenvalue weighted by molar-refractivity contribution is 8.16. The first-order chi connectivity index (χ1) is 14.9. The maximum atomic E-state index is 13.3. The van der Waals surface area contributed by atoms with Crippen LogP contribution in [0.15, 0.2) is 47.5 Å². The van der Waals surface area contributed by atoms with Crippen LogP contribution < -0.4 is 4.90 Å². The summed E-state index contributed by atoms with van der Waals surface area (Å²) < 4.78 is 64.2. The van der Waals surface area contributed by atoms with Gasteiger partial charge in [-0.05, 0) is 29.8 Å². The van der Waals surface area contributed by atoms with E-state index in [2.05, 4.69) is 4.99 Å². The zero-order chi connectivity index (χ0) is 23.3. The molecule has 2 aliphatic heterocycles. The molecule has 2 saturated heterocycles. The fourth-order valence-corrected chi connectivity index (χ4v) is 8.01. The van der Waals surface area contributed by atoms with Gasteiger partial charge in [-0.3, -0.25) is 4.79 Å². The van der Waals surface area contributed by atoms with E-state index in [1.165, 1.54) is 4.90 Å². The predicted molar refractivity (Wildman–Crippen MR) is 120 cm³/mol. The van der Waals surface area contributed by atoms with Gasteiger partial charge in [-0.15, -0.1) is 0 Å². The van der Waals surface area contributed by atoms with E-state index in [4.69, 9.17) is 23.2 Å². The molecule has 2 heterocycles. The Kier molecular flexibility index (Phi) is 6.26. The van der Waals surface area contributed by atoms with Crippen LogP contribution in [0, 0.1) is 0 Å². The molecule has 12 heteroatoms. The van der Waals surface area contributed by atoms with Gasteiger partial charge in [0.1, 0.15) is 0 Å². The molecule has 0 unspecified atom stereocenters. The van der Waals surface area contributed by atoms with Crippen molar-refractivity contribution in [2.75, 3.05) is 16.4 Å². The van der Waals surface area contributed by atoms with Gasteiger partial charge in [0.05, 0.1) is 40.2 Å². The number of amides is 1. The molecule has 0 bridgehead atoms. The third kappa shape index (κ3) is 4.78. The molecule has 0 aliphatic carbocycles. The number of fused-ring (bicyclic) bond motifs is 1. The Labute approximate surface area is 196 Å². The molecule has 4 rings (SSSR count). The van der Waals surface area contributed by atoms with Crippen molar-refractivity contribution < 1.29 is 26.4 Å². The highest BCUT2D eigenvalue weighted by atomic mass is 35.5. The molecule has 5 nitrogen and oxygen atoms in total. The average molecular weight is 523 g/mol. The number of anilines is 1. The Morgan fingerprint density at radius 2 is 1.84 bits per heavy atom. The first kappa shape index (κ1) is 23.4. The molecule has 2 fully saturated rings. The molecular weight excluding hydrogens is 508 g/mol. The summed E-state index contributed by atoms with van der Waals surface area (Å²) in [6.45, 7) is 0. The molecular formula is C20H15Cl2F3N2O3S2. The number of benzene rings is 2. The third-order valence-corrected chi connectivity index (χ3v) is 9.02. The van der Waals surface area contributed by atoms with Crippen LogP contribution in [0.5, 0.6) is 0 Å². The molecule has 2 atom stereocenters. The average Bonchev–Trinajstić information content (AvgIpc) is 3.14. The molecule has 170 valence electrons. The van der Waals surface area contributed by atoms with Crippen LogP contribution in [-0.2, 0) is 27.2 Å². The van der Waals surface area contributed by atoms with E-state index in [1.807, 2.05) is 0 Å². The Hall–Kier alpha value is -1.75. The van der Waals surface area contributed by atoms with Crippen molar-refractivity contribution in [3.63, 3.8) is 0 Å². The number of amidine groups is 1. The number of nitrogens with zero attached hydrogens (tertiary/aromatic N) is 2. The number of hydrogen-bond acceptors (Lipinski definition) is 4. The highest BCUT2D eigenvalue weighted by Gasteiger charge is 2.50. The van der Waals surface area contributed by atoms with Crippen LogP contribution in [0.4, 0.5) is 18.9 Å². The van der Waals surface area contributed by atoms with E-state index in [0.29, 0.717) is 10.6 Å². The number of halogens is 5. The number of thioether (sulfide) groups is 1. The maximum absolute atomic E-state index is 13.3. The monoisotopic (exact) mass is 522 g/mol. The van der Waals surface area contributed by atoms with Crippen molar-refractivity contribution in [3.8, 4) is 0 Å². The zero-order valence-electron chi connectivity index (χ0n) is 16.1. The van der Waals surface area contributed by atoms with Gasteiger partial charge < -0.3 is 4.90 Å². The molecule has 2 aromatic rings. The molecule has 0 aromatic heterocycles. The van der Waals surface area contributed by atoms with E-state index in [-0.39, 0.29) is 33.8 Å². The van der Waals surface area contributed by atoms with Crippen LogP contribution in [0.1, 0.15) is 11.1 Å². The third-order valence-electron chi connectivity index (χ3n) is 5.12. The predicted octanol–water partition coefficient (Wildman–Crippen LogP) is 4.86. The number of carbonyl (C=O) groups is 1. The summed E-state index contributed by atoms with van der Waals surface area (Å²) in [6, 6.07) is 8.85. The molecule has 2 aliphatic rings. The van der Waals surface area contributed by atoms with Crippen molar-refractivity contribution in [3.05, 3.63) is 63.6 Å². The number of aliphatic imine (C=N–C) groups is 1. The lowest BCUT2D eigenvalue weighted by atomic mass is 10.1. The quantitative estimate of drug-likeness (QED) is 0.576. The van der Waals surface area contributed by atoms with Crippen LogP contribution in [0.2, 0.25) is 10.0 Å². The van der Waals surface area contributed by atoms with Gasteiger partial charge in [0, 0.05) is 10.3 Å². The second-order valence-electron chi connectivity index (χ2n) is 7.39. The Balaban J connectivity index is 1.73. The van der Waals surface area contributed by atoms with Gasteiger partial charge in [0.25, 0.3) is 5.91 Å². The number of hydrogen-bond donors (Lipinski definition) is 0. The molecule has 0 N–H and O–H groups in total. The molecule has 0 saturated carbocycles. The number of alkyl halides is 3. The zero-order valence-corrected chi connectivity index (χ0v) is 19.3. The summed E-state index contributed by atoms with van der Waals surface area (Å²) >= 11 is 13.4. The minimum absolute atomic E-state index is 0.00481. The van der Waals surface area contributed by atoms with E-state index >= 15 is 0 Å². The van der Waals surface area contributed by atoms with Gasteiger partial charge in [0.15, 0.2) is 15.0 Å². The van der Waals surface area contributed by atoms with Crippen molar-refractivity contribution in [2.45, 2.75) is 23.9 Å². The van der Waals surface area contributed by atoms with Crippen LogP contribution >= 0.6 is 35.0 Å². The second-order valence-corrected chi connectivity index (χ2v) is 11.6. The van der Waals surface area contributed by atoms with Gasteiger partial charge in [0.2, 0.25) is 0 Å². The normalized spacial score (nSPS) is 23.5. The molecule has 2 aromatic carbocycles. The summed E-state index contributed by atoms with van der Waals surface area (Å²) in [6.07, 6.45) is -4.73. The molecule has 1 amide bonds. The summed E-state index contributed by atoms with van der Waals surface area (Å²) in [5.41, 5.74) is -0.422. The van der Waals surface area contributed by atoms with Crippen molar-refractivity contribution in [1.29, 1.82) is 0 Å². The largest absolute Gasteiger partial charge is 0.416 e. The van der Waals surface area contributed by atoms with E-state index in [1.54, 1.807) is 24.3 Å². The van der Waals surface area contributed by atoms with Crippen LogP contribution in [0.25, 0.3) is 0 Å². The first-order valence-corrected chi connectivity index (χ1v) is 12.8. The fraction of sp³-hybridized carbons (Fsp3) is 0.300. The summed E-state index contributed by atoms with van der Waals surface area (Å²) in [4.78, 5) is 18.1. The number of carbonyl (C=O) groups excluding carboxylic acids is 1. The lowest BCUT2D eigenvalue weighted by Crippen LogP contribution is -2.38. The summed E-state index contributed by atoms with van der Waals surface area (Å²) in [7, 11) is -3.39. The van der Waals surface area contributed by atoms with Gasteiger partial charge >= 0.3 is 6.18 Å². The number of sulfone groups is 1. The van der Waals surface area contributed by atoms with Crippen LogP contribution in [-0.4, -0.2) is 42.3 Å². The summed E-state index contributed by atoms with van der Waals surface area (Å²) in [5, 5.41) is 0.0290. The Bertz CT molecular complexity index is 1220. The maximum Gasteiger partial charge on any atom is 0.416 e. The molecule has 0 spiro atoms. The van der Waals surface area contributed by atoms with Gasteiger partial charge in [-0.1, -0.05) is 53.2 Å². The van der Waals surface area contributed by atoms with E-state index < -0.39 is 38.8 Å². The number of rotatable bonds is 3. The smallest absolute Gasteiger partial charge is 0.314 e. The van der Waals surface area contributed by atoms with E-state index in [9.17, 15) is 26.4 Å². The second kappa shape index (κ2) is 8.55. The minimum Gasteiger partial charge on any atom is -0.314 e. The summed E-state index contributed by atoms with van der Waals surface area (Å²) in [5.74, 6) is -0.987. The van der Waals surface area contributed by atoms with Gasteiger partial charge in [-0.2, -0.15) is 18.2 Å². The van der Waals surface area contributed by atoms with Crippen LogP contribution in [0.3, 0.4) is 0 Å². The fourth-order valence-electron chi connectivity index (χ4n) is 3.67. The van der Waals surface area contributed by atoms with Crippen molar-refractivity contribution in [2.24, 2.45) is 4.99 Å². The Morgan fingerprint density at radius 3 is 2.53 bits per heavy atom. The van der Waals surface area contributed by atoms with Gasteiger partial charge in [-0.25, -0.2) is 8.42 Å². The Morgan fingerprint density at radius 1 is 1.12 bits per heavy atom. The SMILES string of the molecule is O=C(Cc1ccccc1Cl)N=C1S[C@H]2CS(=O)(=O)C[C@@H]2N1c1cc(C(F)(F)F)ccc1Cl. The lowest BCUT2D eigenvalue weighted by molar-refractivity contribution is -0.137. The van der Waals surface area contributed by atoms with Crippen molar-refractivity contribution >= 4 is 61.6 Å². The highest BCUT2D eigenvalue weighted by Crippen LogP contribution is 2.44. The van der Waals surface area contributed by atoms with E-state index in [0.717, 1.165) is 30.0 Å². The topological polar surface area (TPSA) is 66.8 Å². The van der Waals surface area contributed by atoms with Crippen molar-refractivity contribution in [1.82, 2.24) is 0 Å².